The zero-order valence-corrected chi connectivity index (χ0v) is 18.6. The maximum Gasteiger partial charge on any atom is 0.274 e. The Morgan fingerprint density at radius 3 is 2.26 bits per heavy atom. The summed E-state index contributed by atoms with van der Waals surface area (Å²) in [6, 6.07) is 13.8. The van der Waals surface area contributed by atoms with E-state index < -0.39 is 10.0 Å². The molecular weight excluding hydrogens is 416 g/mol. The number of aryl methyl sites for hydroxylation is 1. The highest BCUT2D eigenvalue weighted by Gasteiger charge is 2.16. The van der Waals surface area contributed by atoms with Crippen molar-refractivity contribution in [3.05, 3.63) is 75.7 Å². The highest BCUT2D eigenvalue weighted by Crippen LogP contribution is 2.14. The van der Waals surface area contributed by atoms with Gasteiger partial charge in [0, 0.05) is 24.5 Å². The van der Waals surface area contributed by atoms with Crippen LogP contribution in [0.1, 0.15) is 42.4 Å². The average Bonchev–Trinajstić information content (AvgIpc) is 2.72. The highest BCUT2D eigenvalue weighted by atomic mass is 32.2. The van der Waals surface area contributed by atoms with Crippen LogP contribution >= 0.6 is 0 Å². The normalized spacial score (nSPS) is 11.7. The van der Waals surface area contributed by atoms with Crippen LogP contribution < -0.4 is 15.6 Å². The lowest BCUT2D eigenvalue weighted by Crippen LogP contribution is -2.31. The van der Waals surface area contributed by atoms with Crippen LogP contribution in [0.2, 0.25) is 0 Å². The molecule has 0 atom stereocenters. The van der Waals surface area contributed by atoms with Crippen LogP contribution in [0.5, 0.6) is 0 Å². The van der Waals surface area contributed by atoms with Gasteiger partial charge in [0.1, 0.15) is 0 Å². The first-order valence-corrected chi connectivity index (χ1v) is 11.7. The molecule has 1 heterocycles. The van der Waals surface area contributed by atoms with E-state index in [0.717, 1.165) is 5.56 Å². The van der Waals surface area contributed by atoms with E-state index in [1.165, 1.54) is 4.68 Å². The molecule has 0 spiro atoms. The molecule has 0 aliphatic rings. The van der Waals surface area contributed by atoms with Crippen molar-refractivity contribution in [1.82, 2.24) is 19.8 Å². The minimum Gasteiger partial charge on any atom is -0.347 e. The van der Waals surface area contributed by atoms with Crippen LogP contribution in [0.4, 0.5) is 0 Å². The largest absolute Gasteiger partial charge is 0.347 e. The second-order valence-corrected chi connectivity index (χ2v) is 9.30. The van der Waals surface area contributed by atoms with Crippen LogP contribution in [-0.2, 0) is 28.9 Å². The molecule has 8 nitrogen and oxygen atoms in total. The summed E-state index contributed by atoms with van der Waals surface area (Å²) >= 11 is 0. The van der Waals surface area contributed by atoms with Gasteiger partial charge in [-0.25, -0.2) is 17.8 Å². The van der Waals surface area contributed by atoms with E-state index in [-0.39, 0.29) is 35.5 Å². The number of aromatic nitrogens is 2. The molecule has 0 aliphatic heterocycles. The summed E-state index contributed by atoms with van der Waals surface area (Å²) in [5.41, 5.74) is 1.44. The van der Waals surface area contributed by atoms with Gasteiger partial charge >= 0.3 is 0 Å². The van der Waals surface area contributed by atoms with Gasteiger partial charge in [-0.05, 0) is 38.0 Å². The fourth-order valence-corrected chi connectivity index (χ4v) is 4.69. The van der Waals surface area contributed by atoms with Crippen LogP contribution in [0.25, 0.3) is 10.8 Å². The van der Waals surface area contributed by atoms with Crippen LogP contribution in [0.3, 0.4) is 0 Å². The summed E-state index contributed by atoms with van der Waals surface area (Å²) in [4.78, 5) is 25.2. The van der Waals surface area contributed by atoms with E-state index in [2.05, 4.69) is 15.1 Å². The molecule has 3 aromatic rings. The number of carbonyl (C=O) groups is 1. The third-order valence-corrected chi connectivity index (χ3v) is 6.17. The van der Waals surface area contributed by atoms with Crippen molar-refractivity contribution < 1.29 is 13.2 Å². The number of hydrogen-bond acceptors (Lipinski definition) is 5. The zero-order valence-electron chi connectivity index (χ0n) is 17.8. The van der Waals surface area contributed by atoms with E-state index in [1.54, 1.807) is 69.3 Å². The summed E-state index contributed by atoms with van der Waals surface area (Å²) in [6.45, 7) is 5.95. The van der Waals surface area contributed by atoms with Crippen molar-refractivity contribution in [2.45, 2.75) is 45.7 Å². The van der Waals surface area contributed by atoms with E-state index >= 15 is 0 Å². The summed E-state index contributed by atoms with van der Waals surface area (Å²) in [7, 11) is -3.40. The Bertz CT molecular complexity index is 1250. The molecule has 1 amide bonds. The lowest BCUT2D eigenvalue weighted by molar-refractivity contribution is 0.0945. The molecule has 0 radical (unpaired) electrons. The molecule has 31 heavy (non-hydrogen) atoms. The van der Waals surface area contributed by atoms with E-state index in [1.807, 2.05) is 0 Å². The number of fused-ring (bicyclic) bond motifs is 1. The monoisotopic (exact) mass is 442 g/mol. The molecule has 3 rings (SSSR count). The molecular formula is C22H26N4O4S. The molecule has 0 bridgehead atoms. The topological polar surface area (TPSA) is 110 Å². The van der Waals surface area contributed by atoms with Gasteiger partial charge in [-0.15, -0.1) is 0 Å². The Morgan fingerprint density at radius 1 is 1.03 bits per heavy atom. The minimum atomic E-state index is -3.40. The van der Waals surface area contributed by atoms with E-state index in [9.17, 15) is 18.0 Å². The second kappa shape index (κ2) is 9.40. The molecule has 164 valence electrons. The number of nitrogens with one attached hydrogen (secondary N) is 2. The first-order chi connectivity index (χ1) is 14.7. The number of rotatable bonds is 8. The van der Waals surface area contributed by atoms with Crippen molar-refractivity contribution in [2.24, 2.45) is 0 Å². The zero-order chi connectivity index (χ0) is 22.6. The number of nitrogens with zero attached hydrogens (tertiary/aromatic N) is 2. The van der Waals surface area contributed by atoms with Gasteiger partial charge in [0.2, 0.25) is 10.0 Å². The summed E-state index contributed by atoms with van der Waals surface area (Å²) in [6.07, 6.45) is 0. The maximum atomic E-state index is 12.8. The Kier molecular flexibility index (Phi) is 6.87. The van der Waals surface area contributed by atoms with Crippen molar-refractivity contribution >= 4 is 26.7 Å². The summed E-state index contributed by atoms with van der Waals surface area (Å²) < 4.78 is 27.9. The minimum absolute atomic E-state index is 0.105. The fourth-order valence-electron chi connectivity index (χ4n) is 3.26. The second-order valence-electron chi connectivity index (χ2n) is 7.55. The molecule has 0 fully saturated rings. The Morgan fingerprint density at radius 2 is 1.65 bits per heavy atom. The number of carbonyl (C=O) groups excluding carboxylic acids is 1. The van der Waals surface area contributed by atoms with E-state index in [4.69, 9.17) is 0 Å². The molecule has 0 aliphatic carbocycles. The molecule has 1 aromatic heterocycles. The van der Waals surface area contributed by atoms with E-state index in [0.29, 0.717) is 22.9 Å². The molecule has 2 aromatic carbocycles. The van der Waals surface area contributed by atoms with Gasteiger partial charge in [0.15, 0.2) is 5.69 Å². The van der Waals surface area contributed by atoms with Crippen LogP contribution in [-0.4, -0.2) is 30.1 Å². The third kappa shape index (κ3) is 5.56. The van der Waals surface area contributed by atoms with Crippen molar-refractivity contribution in [3.63, 3.8) is 0 Å². The average molecular weight is 443 g/mol. The van der Waals surface area contributed by atoms with Gasteiger partial charge in [-0.3, -0.25) is 9.59 Å². The SMILES string of the molecule is CCn1nc(C(=O)NCc2ccc(CS(=O)(=O)NC(C)C)cc2)c2ccccc2c1=O. The maximum absolute atomic E-state index is 12.8. The van der Waals surface area contributed by atoms with Crippen molar-refractivity contribution in [3.8, 4) is 0 Å². The molecule has 0 saturated carbocycles. The summed E-state index contributed by atoms with van der Waals surface area (Å²) in [5.74, 6) is -0.488. The Balaban J connectivity index is 1.73. The van der Waals surface area contributed by atoms with Crippen molar-refractivity contribution in [1.29, 1.82) is 0 Å². The first kappa shape index (κ1) is 22.6. The lowest BCUT2D eigenvalue weighted by Gasteiger charge is -2.11. The smallest absolute Gasteiger partial charge is 0.274 e. The van der Waals surface area contributed by atoms with Gasteiger partial charge in [0.05, 0.1) is 11.1 Å². The molecule has 2 N–H and O–H groups in total. The predicted octanol–water partition coefficient (Wildman–Crippen LogP) is 2.17. The van der Waals surface area contributed by atoms with Crippen LogP contribution in [0.15, 0.2) is 53.3 Å². The summed E-state index contributed by atoms with van der Waals surface area (Å²) in [5, 5.41) is 8.01. The quantitative estimate of drug-likeness (QED) is 0.556. The van der Waals surface area contributed by atoms with Crippen molar-refractivity contribution in [2.75, 3.05) is 0 Å². The first-order valence-electron chi connectivity index (χ1n) is 10.1. The van der Waals surface area contributed by atoms with Gasteiger partial charge in [0.25, 0.3) is 11.5 Å². The van der Waals surface area contributed by atoms with Gasteiger partial charge < -0.3 is 5.32 Å². The Hall–Kier alpha value is -3.04. The number of amides is 1. The lowest BCUT2D eigenvalue weighted by atomic mass is 10.1. The number of hydrogen-bond donors (Lipinski definition) is 2. The van der Waals surface area contributed by atoms with Gasteiger partial charge in [-0.1, -0.05) is 42.5 Å². The Labute approximate surface area is 181 Å². The molecule has 9 heteroatoms. The fraction of sp³-hybridized carbons (Fsp3) is 0.318. The molecule has 0 unspecified atom stereocenters. The van der Waals surface area contributed by atoms with Crippen LogP contribution in [0, 0.1) is 0 Å². The standard InChI is InChI=1S/C22H26N4O4S/c1-4-26-22(28)19-8-6-5-7-18(19)20(24-26)21(27)23-13-16-9-11-17(12-10-16)14-31(29,30)25-15(2)3/h5-12,15,25H,4,13-14H2,1-3H3,(H,23,27). The predicted molar refractivity (Wildman–Crippen MR) is 120 cm³/mol. The highest BCUT2D eigenvalue weighted by molar-refractivity contribution is 7.88. The number of benzene rings is 2. The third-order valence-electron chi connectivity index (χ3n) is 4.63. The number of sulfonamides is 1. The molecule has 0 saturated heterocycles. The van der Waals surface area contributed by atoms with Gasteiger partial charge in [-0.2, -0.15) is 5.10 Å².